The van der Waals surface area contributed by atoms with E-state index in [1.165, 1.54) is 16.7 Å². The van der Waals surface area contributed by atoms with Gasteiger partial charge in [0.25, 0.3) is 0 Å². The summed E-state index contributed by atoms with van der Waals surface area (Å²) in [5, 5.41) is 0.122. The molecule has 202 valence electrons. The van der Waals surface area contributed by atoms with Crippen LogP contribution in [0.5, 0.6) is 0 Å². The number of benzene rings is 4. The Morgan fingerprint density at radius 2 is 1.40 bits per heavy atom. The van der Waals surface area contributed by atoms with Crippen LogP contribution in [0.15, 0.2) is 128 Å². The van der Waals surface area contributed by atoms with Gasteiger partial charge in [-0.2, -0.15) is 0 Å². The lowest BCUT2D eigenvalue weighted by atomic mass is 9.84. The highest BCUT2D eigenvalue weighted by Gasteiger charge is 2.45. The molecule has 4 aromatic carbocycles. The Labute approximate surface area is 245 Å². The van der Waals surface area contributed by atoms with Crippen molar-refractivity contribution in [2.75, 3.05) is 13.2 Å². The zero-order valence-corrected chi connectivity index (χ0v) is 23.8. The van der Waals surface area contributed by atoms with Crippen LogP contribution in [0, 0.1) is 0 Å². The Kier molecular flexibility index (Phi) is 8.68. The summed E-state index contributed by atoms with van der Waals surface area (Å²) in [5.41, 5.74) is 11.3. The second-order valence-corrected chi connectivity index (χ2v) is 11.7. The number of nitrogens with two attached hydrogens (primary N) is 1. The summed E-state index contributed by atoms with van der Waals surface area (Å²) in [4.78, 5) is 15.5. The van der Waals surface area contributed by atoms with Crippen LogP contribution in [-0.2, 0) is 9.48 Å². The molecule has 1 amide bonds. The van der Waals surface area contributed by atoms with E-state index in [0.717, 1.165) is 17.5 Å². The fourth-order valence-electron chi connectivity index (χ4n) is 5.46. The van der Waals surface area contributed by atoms with E-state index in [1.807, 2.05) is 40.9 Å². The van der Waals surface area contributed by atoms with Gasteiger partial charge in [0.05, 0.1) is 10.8 Å². The molecule has 5 rings (SSSR count). The van der Waals surface area contributed by atoms with Crippen molar-refractivity contribution < 1.29 is 9.53 Å². The quantitative estimate of drug-likeness (QED) is 0.130. The minimum atomic E-state index is -0.477. The molecule has 1 aliphatic rings. The third kappa shape index (κ3) is 5.69. The molecule has 1 saturated heterocycles. The second kappa shape index (κ2) is 12.5. The molecule has 0 spiro atoms. The predicted octanol–water partition coefficient (Wildman–Crippen LogP) is 7.48. The van der Waals surface area contributed by atoms with Crippen molar-refractivity contribution in [3.05, 3.63) is 156 Å². The molecule has 0 bridgehead atoms. The van der Waals surface area contributed by atoms with Gasteiger partial charge in [-0.15, -0.1) is 11.8 Å². The molecule has 0 aliphatic carbocycles. The fraction of sp³-hybridized carbons (Fsp3) is 0.176. The maximum Gasteiger partial charge on any atom is 0.410 e. The van der Waals surface area contributed by atoms with Gasteiger partial charge in [0.1, 0.15) is 11.6 Å². The summed E-state index contributed by atoms with van der Waals surface area (Å²) < 4.78 is 5.06. The molecule has 4 nitrogen and oxygen atoms in total. The summed E-state index contributed by atoms with van der Waals surface area (Å²) >= 11 is 7.05. The summed E-state index contributed by atoms with van der Waals surface area (Å²) in [7, 11) is 0. The summed E-state index contributed by atoms with van der Waals surface area (Å²) in [6.45, 7) is 4.42. The number of ether oxygens (including phenoxy) is 1. The third-order valence-corrected chi connectivity index (χ3v) is 9.26. The van der Waals surface area contributed by atoms with Crippen molar-refractivity contribution in [3.63, 3.8) is 0 Å². The largest absolute Gasteiger partial charge is 0.445 e. The number of rotatable bonds is 9. The number of amides is 1. The third-order valence-electron chi connectivity index (χ3n) is 7.29. The van der Waals surface area contributed by atoms with Crippen molar-refractivity contribution in [2.24, 2.45) is 5.73 Å². The molecule has 0 unspecified atom stereocenters. The highest BCUT2D eigenvalue weighted by Crippen LogP contribution is 2.53. The zero-order valence-electron chi connectivity index (χ0n) is 22.2. The lowest BCUT2D eigenvalue weighted by molar-refractivity contribution is 0.108. The number of likely N-dealkylation sites (tertiary alicyclic amines) is 1. The molecular formula is C34H32N2O2S2. The molecule has 40 heavy (non-hydrogen) atoms. The predicted molar refractivity (Wildman–Crippen MR) is 169 cm³/mol. The van der Waals surface area contributed by atoms with Crippen LogP contribution < -0.4 is 5.73 Å². The smallest absolute Gasteiger partial charge is 0.410 e. The maximum absolute atomic E-state index is 13.3. The van der Waals surface area contributed by atoms with Crippen molar-refractivity contribution in [3.8, 4) is 0 Å². The van der Waals surface area contributed by atoms with Gasteiger partial charge >= 0.3 is 6.09 Å². The second-order valence-electron chi connectivity index (χ2n) is 9.77. The number of carbonyl (C=O) groups is 1. The average Bonchev–Trinajstić information content (AvgIpc) is 3.44. The van der Waals surface area contributed by atoms with Crippen molar-refractivity contribution in [1.82, 2.24) is 4.90 Å². The number of hydrogen-bond acceptors (Lipinski definition) is 4. The Bertz CT molecular complexity index is 1350. The Balaban J connectivity index is 1.57. The topological polar surface area (TPSA) is 55.6 Å². The van der Waals surface area contributed by atoms with Gasteiger partial charge in [-0.25, -0.2) is 4.79 Å². The van der Waals surface area contributed by atoms with E-state index < -0.39 is 4.75 Å². The van der Waals surface area contributed by atoms with Gasteiger partial charge in [-0.1, -0.05) is 140 Å². The Hall–Kier alpha value is -3.87. The molecule has 0 aromatic heterocycles. The highest BCUT2D eigenvalue weighted by atomic mass is 32.2. The number of nitrogens with zero attached hydrogens (tertiary/aromatic N) is 1. The Morgan fingerprint density at radius 3 is 1.85 bits per heavy atom. The van der Waals surface area contributed by atoms with Gasteiger partial charge in [0, 0.05) is 17.4 Å². The number of hydrogen-bond donors (Lipinski definition) is 1. The molecular weight excluding hydrogens is 533 g/mol. The van der Waals surface area contributed by atoms with E-state index in [4.69, 9.17) is 22.7 Å². The molecule has 2 N–H and O–H groups in total. The van der Waals surface area contributed by atoms with Gasteiger partial charge in [0.15, 0.2) is 0 Å². The molecule has 1 aliphatic heterocycles. The lowest BCUT2D eigenvalue weighted by Gasteiger charge is -2.37. The lowest BCUT2D eigenvalue weighted by Crippen LogP contribution is -2.33. The molecule has 4 aromatic rings. The van der Waals surface area contributed by atoms with E-state index in [1.54, 1.807) is 6.08 Å². The van der Waals surface area contributed by atoms with Crippen LogP contribution in [0.3, 0.4) is 0 Å². The molecule has 0 radical (unpaired) electrons. The minimum Gasteiger partial charge on any atom is -0.445 e. The fourth-order valence-corrected chi connectivity index (χ4v) is 7.42. The summed E-state index contributed by atoms with van der Waals surface area (Å²) in [5.74, 6) is 0. The SMILES string of the molecule is C=CCOC(=O)N1C[C@@H](SC(c2ccccc2)(c2ccccc2)c2ccccc2)C[C@@H]1c1ccc(C(N)=S)cc1. The van der Waals surface area contributed by atoms with Crippen molar-refractivity contribution in [1.29, 1.82) is 0 Å². The van der Waals surface area contributed by atoms with E-state index in [0.29, 0.717) is 11.5 Å². The van der Waals surface area contributed by atoms with Gasteiger partial charge in [-0.3, -0.25) is 0 Å². The minimum absolute atomic E-state index is 0.122. The molecule has 1 fully saturated rings. The number of thiocarbonyl (C=S) groups is 1. The van der Waals surface area contributed by atoms with Crippen LogP contribution in [-0.4, -0.2) is 34.4 Å². The van der Waals surface area contributed by atoms with Crippen molar-refractivity contribution in [2.45, 2.75) is 22.5 Å². The maximum atomic E-state index is 13.3. The molecule has 1 heterocycles. The molecule has 0 saturated carbocycles. The molecule has 2 atom stereocenters. The molecule has 6 heteroatoms. The van der Waals surface area contributed by atoms with E-state index >= 15 is 0 Å². The number of carbonyl (C=O) groups excluding carboxylic acids is 1. The Morgan fingerprint density at radius 1 is 0.900 bits per heavy atom. The van der Waals surface area contributed by atoms with Crippen LogP contribution >= 0.6 is 24.0 Å². The van der Waals surface area contributed by atoms with Gasteiger partial charge < -0.3 is 15.4 Å². The first-order valence-electron chi connectivity index (χ1n) is 13.3. The van der Waals surface area contributed by atoms with Crippen LogP contribution in [0.1, 0.15) is 40.3 Å². The first-order valence-corrected chi connectivity index (χ1v) is 14.6. The standard InChI is InChI=1S/C34H32N2O2S2/c1-2-22-38-33(37)36-24-30(23-31(36)25-18-20-26(21-19-25)32(35)39)40-34(27-12-6-3-7-13-27,28-14-8-4-9-15-28)29-16-10-5-11-17-29/h2-21,30-31H,1,22-24H2,(H2,35,39)/t30-,31+/m0/s1. The summed E-state index contributed by atoms with van der Waals surface area (Å²) in [6.07, 6.45) is 2.03. The van der Waals surface area contributed by atoms with Crippen LogP contribution in [0.4, 0.5) is 4.79 Å². The first kappa shape index (κ1) is 27.7. The van der Waals surface area contributed by atoms with E-state index in [9.17, 15) is 4.79 Å². The van der Waals surface area contributed by atoms with Gasteiger partial charge in [-0.05, 0) is 28.7 Å². The average molecular weight is 565 g/mol. The highest BCUT2D eigenvalue weighted by molar-refractivity contribution is 8.01. The van der Waals surface area contributed by atoms with Crippen LogP contribution in [0.25, 0.3) is 0 Å². The monoisotopic (exact) mass is 564 g/mol. The van der Waals surface area contributed by atoms with E-state index in [-0.39, 0.29) is 24.0 Å². The van der Waals surface area contributed by atoms with E-state index in [2.05, 4.69) is 97.6 Å². The van der Waals surface area contributed by atoms with Crippen LogP contribution in [0.2, 0.25) is 0 Å². The zero-order chi connectivity index (χ0) is 28.0. The van der Waals surface area contributed by atoms with Crippen molar-refractivity contribution >= 4 is 35.1 Å². The summed E-state index contributed by atoms with van der Waals surface area (Å²) in [6, 6.07) is 39.6. The number of thioether (sulfide) groups is 1. The normalized spacial score (nSPS) is 16.9. The first-order chi connectivity index (χ1) is 19.5. The van der Waals surface area contributed by atoms with Gasteiger partial charge in [0.2, 0.25) is 0 Å².